The number of nitrogens with zero attached hydrogens (tertiary/aromatic N) is 3. The molecule has 0 fully saturated rings. The van der Waals surface area contributed by atoms with Crippen molar-refractivity contribution in [3.8, 4) is 0 Å². The fraction of sp³-hybridized carbons (Fsp3) is 0.778. The Balaban J connectivity index is 2.36. The first-order chi connectivity index (χ1) is 7.27. The smallest absolute Gasteiger partial charge is 0.132 e. The molecule has 2 N–H and O–H groups in total. The van der Waals surface area contributed by atoms with E-state index in [2.05, 4.69) is 21.4 Å². The van der Waals surface area contributed by atoms with Crippen molar-refractivity contribution in [3.63, 3.8) is 0 Å². The van der Waals surface area contributed by atoms with Crippen LogP contribution in [0.4, 0.5) is 5.00 Å². The number of anilines is 1. The van der Waals surface area contributed by atoms with Crippen LogP contribution in [0.1, 0.15) is 19.5 Å². The number of nitrogen functional groups attached to an aromatic ring is 1. The van der Waals surface area contributed by atoms with Crippen LogP contribution in [0.3, 0.4) is 0 Å². The van der Waals surface area contributed by atoms with Crippen LogP contribution in [0, 0.1) is 0 Å². The van der Waals surface area contributed by atoms with Crippen LogP contribution >= 0.6 is 11.5 Å². The highest BCUT2D eigenvalue weighted by Gasteiger charge is 2.09. The Hall–Kier alpha value is -0.720. The van der Waals surface area contributed by atoms with Gasteiger partial charge in [0.25, 0.3) is 0 Å². The SMILES string of the molecule is CCOCCN(CC)Cc1nnsc1N. The van der Waals surface area contributed by atoms with Crippen molar-refractivity contribution in [2.75, 3.05) is 32.0 Å². The van der Waals surface area contributed by atoms with Crippen molar-refractivity contribution in [1.29, 1.82) is 0 Å². The Morgan fingerprint density at radius 1 is 1.47 bits per heavy atom. The summed E-state index contributed by atoms with van der Waals surface area (Å²) in [4.78, 5) is 2.24. The van der Waals surface area contributed by atoms with Gasteiger partial charge in [-0.25, -0.2) is 0 Å². The van der Waals surface area contributed by atoms with E-state index in [9.17, 15) is 0 Å². The van der Waals surface area contributed by atoms with Gasteiger partial charge in [-0.15, -0.1) is 5.10 Å². The van der Waals surface area contributed by atoms with Crippen molar-refractivity contribution in [2.45, 2.75) is 20.4 Å². The Morgan fingerprint density at radius 3 is 2.80 bits per heavy atom. The molecular formula is C9H18N4OS. The van der Waals surface area contributed by atoms with E-state index >= 15 is 0 Å². The second-order valence-corrected chi connectivity index (χ2v) is 3.94. The Morgan fingerprint density at radius 2 is 2.27 bits per heavy atom. The maximum Gasteiger partial charge on any atom is 0.132 e. The molecule has 86 valence electrons. The van der Waals surface area contributed by atoms with E-state index in [-0.39, 0.29) is 0 Å². The van der Waals surface area contributed by atoms with Gasteiger partial charge in [0, 0.05) is 31.2 Å². The molecule has 1 rings (SSSR count). The van der Waals surface area contributed by atoms with Crippen LogP contribution in [-0.2, 0) is 11.3 Å². The van der Waals surface area contributed by atoms with Gasteiger partial charge in [-0.1, -0.05) is 11.4 Å². The third-order valence-electron chi connectivity index (χ3n) is 2.16. The average molecular weight is 230 g/mol. The fourth-order valence-electron chi connectivity index (χ4n) is 1.22. The summed E-state index contributed by atoms with van der Waals surface area (Å²) in [6.07, 6.45) is 0. The van der Waals surface area contributed by atoms with E-state index in [1.54, 1.807) is 0 Å². The monoisotopic (exact) mass is 230 g/mol. The highest BCUT2D eigenvalue weighted by Crippen LogP contribution is 2.14. The van der Waals surface area contributed by atoms with Crippen LogP contribution in [0.15, 0.2) is 0 Å². The standard InChI is InChI=1S/C9H18N4OS/c1-3-13(5-6-14-4-2)7-8-9(10)15-12-11-8/h3-7,10H2,1-2H3. The molecule has 0 aliphatic carbocycles. The molecule has 0 bridgehead atoms. The molecule has 0 aliphatic rings. The molecule has 0 spiro atoms. The maximum atomic E-state index is 5.73. The minimum Gasteiger partial charge on any atom is -0.388 e. The van der Waals surface area contributed by atoms with E-state index in [1.807, 2.05) is 6.92 Å². The molecule has 1 aromatic heterocycles. The van der Waals surface area contributed by atoms with Gasteiger partial charge in [-0.2, -0.15) is 0 Å². The maximum absolute atomic E-state index is 5.73. The summed E-state index contributed by atoms with van der Waals surface area (Å²) in [6.45, 7) is 8.25. The summed E-state index contributed by atoms with van der Waals surface area (Å²) in [5.41, 5.74) is 6.61. The first-order valence-corrected chi connectivity index (χ1v) is 5.92. The van der Waals surface area contributed by atoms with E-state index < -0.39 is 0 Å². The molecular weight excluding hydrogens is 212 g/mol. The van der Waals surface area contributed by atoms with Gasteiger partial charge in [0.2, 0.25) is 0 Å². The molecule has 0 radical (unpaired) electrons. The van der Waals surface area contributed by atoms with E-state index in [4.69, 9.17) is 10.5 Å². The summed E-state index contributed by atoms with van der Waals surface area (Å²) in [5.74, 6) is 0. The zero-order chi connectivity index (χ0) is 11.1. The quantitative estimate of drug-likeness (QED) is 0.707. The summed E-state index contributed by atoms with van der Waals surface area (Å²) in [7, 11) is 0. The lowest BCUT2D eigenvalue weighted by Gasteiger charge is -2.18. The first-order valence-electron chi connectivity index (χ1n) is 5.14. The predicted molar refractivity (Wildman–Crippen MR) is 61.8 cm³/mol. The number of rotatable bonds is 7. The fourth-order valence-corrected chi connectivity index (χ4v) is 1.66. The molecule has 6 heteroatoms. The third kappa shape index (κ3) is 4.11. The summed E-state index contributed by atoms with van der Waals surface area (Å²) >= 11 is 1.24. The van der Waals surface area contributed by atoms with Gasteiger partial charge >= 0.3 is 0 Å². The van der Waals surface area contributed by atoms with Gasteiger partial charge in [-0.3, -0.25) is 4.90 Å². The molecule has 0 saturated heterocycles. The zero-order valence-electron chi connectivity index (χ0n) is 9.27. The van der Waals surface area contributed by atoms with Crippen LogP contribution in [0.2, 0.25) is 0 Å². The van der Waals surface area contributed by atoms with Crippen molar-refractivity contribution < 1.29 is 4.74 Å². The van der Waals surface area contributed by atoms with Crippen LogP contribution in [-0.4, -0.2) is 40.8 Å². The molecule has 15 heavy (non-hydrogen) atoms. The molecule has 0 amide bonds. The molecule has 0 aromatic carbocycles. The van der Waals surface area contributed by atoms with Crippen molar-refractivity contribution in [1.82, 2.24) is 14.5 Å². The van der Waals surface area contributed by atoms with Gasteiger partial charge in [0.1, 0.15) is 10.7 Å². The van der Waals surface area contributed by atoms with Crippen LogP contribution in [0.25, 0.3) is 0 Å². The topological polar surface area (TPSA) is 64.3 Å². The number of hydrogen-bond donors (Lipinski definition) is 1. The lowest BCUT2D eigenvalue weighted by atomic mass is 10.4. The highest BCUT2D eigenvalue weighted by atomic mass is 32.1. The molecule has 0 aliphatic heterocycles. The second kappa shape index (κ2) is 6.71. The van der Waals surface area contributed by atoms with Crippen LogP contribution < -0.4 is 5.73 Å². The number of aromatic nitrogens is 2. The lowest BCUT2D eigenvalue weighted by Crippen LogP contribution is -2.27. The van der Waals surface area contributed by atoms with E-state index in [0.29, 0.717) is 5.00 Å². The predicted octanol–water partition coefficient (Wildman–Crippen LogP) is 0.979. The molecule has 1 aromatic rings. The first kappa shape index (κ1) is 12.4. The average Bonchev–Trinajstić information content (AvgIpc) is 2.63. The van der Waals surface area contributed by atoms with Crippen molar-refractivity contribution in [2.24, 2.45) is 0 Å². The number of nitrogens with two attached hydrogens (primary N) is 1. The lowest BCUT2D eigenvalue weighted by molar-refractivity contribution is 0.112. The van der Waals surface area contributed by atoms with Crippen molar-refractivity contribution in [3.05, 3.63) is 5.69 Å². The molecule has 0 atom stereocenters. The van der Waals surface area contributed by atoms with Gasteiger partial charge in [0.05, 0.1) is 6.61 Å². The largest absolute Gasteiger partial charge is 0.388 e. The normalized spacial score (nSPS) is 11.1. The number of likely N-dealkylation sites (N-methyl/N-ethyl adjacent to an activating group) is 1. The third-order valence-corrected chi connectivity index (χ3v) is 2.76. The molecule has 0 unspecified atom stereocenters. The van der Waals surface area contributed by atoms with Crippen LogP contribution in [0.5, 0.6) is 0 Å². The number of hydrogen-bond acceptors (Lipinski definition) is 6. The minimum atomic E-state index is 0.713. The van der Waals surface area contributed by atoms with Gasteiger partial charge in [0.15, 0.2) is 0 Å². The Kier molecular flexibility index (Phi) is 5.52. The summed E-state index contributed by atoms with van der Waals surface area (Å²) in [6, 6.07) is 0. The van der Waals surface area contributed by atoms with Gasteiger partial charge in [-0.05, 0) is 13.5 Å². The number of ether oxygens (including phenoxy) is 1. The van der Waals surface area contributed by atoms with E-state index in [1.165, 1.54) is 11.5 Å². The van der Waals surface area contributed by atoms with E-state index in [0.717, 1.165) is 38.5 Å². The van der Waals surface area contributed by atoms with Crippen molar-refractivity contribution >= 4 is 16.5 Å². The highest BCUT2D eigenvalue weighted by molar-refractivity contribution is 7.09. The molecule has 5 nitrogen and oxygen atoms in total. The summed E-state index contributed by atoms with van der Waals surface area (Å²) < 4.78 is 9.12. The molecule has 0 saturated carbocycles. The second-order valence-electron chi connectivity index (χ2n) is 3.15. The summed E-state index contributed by atoms with van der Waals surface area (Å²) in [5, 5.41) is 4.71. The Labute approximate surface area is 94.4 Å². The molecule has 1 heterocycles. The zero-order valence-corrected chi connectivity index (χ0v) is 10.1. The Bertz CT molecular complexity index is 279. The minimum absolute atomic E-state index is 0.713. The van der Waals surface area contributed by atoms with Gasteiger partial charge < -0.3 is 10.5 Å².